The summed E-state index contributed by atoms with van der Waals surface area (Å²) in [5, 5.41) is 8.45. The van der Waals surface area contributed by atoms with Crippen LogP contribution in [0.5, 0.6) is 0 Å². The lowest BCUT2D eigenvalue weighted by Crippen LogP contribution is -2.32. The maximum atomic E-state index is 12.3. The molecule has 0 atom stereocenters. The summed E-state index contributed by atoms with van der Waals surface area (Å²) in [4.78, 5) is 30.4. The number of benzene rings is 1. The molecule has 2 heterocycles. The van der Waals surface area contributed by atoms with Crippen LogP contribution in [0.15, 0.2) is 23.6 Å². The van der Waals surface area contributed by atoms with Crippen molar-refractivity contribution in [3.05, 3.63) is 39.8 Å². The van der Waals surface area contributed by atoms with Gasteiger partial charge >= 0.3 is 6.03 Å². The second-order valence-electron chi connectivity index (χ2n) is 6.33. The van der Waals surface area contributed by atoms with E-state index < -0.39 is 5.91 Å². The van der Waals surface area contributed by atoms with Crippen molar-refractivity contribution in [2.24, 2.45) is 5.73 Å². The van der Waals surface area contributed by atoms with Crippen molar-refractivity contribution in [2.45, 2.75) is 32.7 Å². The summed E-state index contributed by atoms with van der Waals surface area (Å²) in [7, 11) is 0. The van der Waals surface area contributed by atoms with Gasteiger partial charge in [0.1, 0.15) is 5.01 Å². The molecule has 1 saturated heterocycles. The summed E-state index contributed by atoms with van der Waals surface area (Å²) in [5.41, 5.74) is 8.21. The number of carbonyl (C=O) groups excluding carboxylic acids is 2. The number of thiazole rings is 1. The molecule has 1 aliphatic heterocycles. The number of anilines is 2. The Labute approximate surface area is 156 Å². The first-order valence-electron chi connectivity index (χ1n) is 8.67. The van der Waals surface area contributed by atoms with Gasteiger partial charge in [0.2, 0.25) is 5.91 Å². The van der Waals surface area contributed by atoms with Gasteiger partial charge in [-0.25, -0.2) is 9.78 Å². The van der Waals surface area contributed by atoms with Gasteiger partial charge in [0.05, 0.1) is 17.9 Å². The van der Waals surface area contributed by atoms with Crippen LogP contribution in [-0.2, 0) is 6.54 Å². The van der Waals surface area contributed by atoms with Gasteiger partial charge in [-0.1, -0.05) is 0 Å². The Bertz CT molecular complexity index is 799. The van der Waals surface area contributed by atoms with E-state index in [1.807, 2.05) is 18.4 Å². The molecule has 0 bridgehead atoms. The van der Waals surface area contributed by atoms with E-state index in [1.165, 1.54) is 17.8 Å². The van der Waals surface area contributed by atoms with Crippen LogP contribution < -0.4 is 21.3 Å². The summed E-state index contributed by atoms with van der Waals surface area (Å²) in [6, 6.07) is 4.86. The lowest BCUT2D eigenvalue weighted by atomic mass is 10.1. The van der Waals surface area contributed by atoms with Crippen LogP contribution in [0.1, 0.15) is 40.3 Å². The van der Waals surface area contributed by atoms with Gasteiger partial charge in [0, 0.05) is 29.7 Å². The number of amides is 3. The third kappa shape index (κ3) is 4.51. The highest BCUT2D eigenvalue weighted by atomic mass is 32.1. The SMILES string of the molecule is Cc1csc(CNC(=O)Nc2cc(C(N)=O)ccc2N2CCCCC2)n1. The van der Waals surface area contributed by atoms with Gasteiger partial charge in [-0.05, 0) is 44.4 Å². The number of nitrogens with one attached hydrogen (secondary N) is 2. The zero-order valence-corrected chi connectivity index (χ0v) is 15.6. The smallest absolute Gasteiger partial charge is 0.319 e. The molecule has 1 aliphatic rings. The molecule has 3 rings (SSSR count). The molecule has 1 aromatic carbocycles. The number of hydrogen-bond acceptors (Lipinski definition) is 5. The lowest BCUT2D eigenvalue weighted by molar-refractivity contribution is 0.100. The van der Waals surface area contributed by atoms with Crippen molar-refractivity contribution >= 4 is 34.6 Å². The molecular formula is C18H23N5O2S. The molecule has 1 aromatic heterocycles. The van der Waals surface area contributed by atoms with E-state index in [9.17, 15) is 9.59 Å². The average Bonchev–Trinajstić information content (AvgIpc) is 3.06. The molecule has 138 valence electrons. The first kappa shape index (κ1) is 18.2. The van der Waals surface area contributed by atoms with Crippen molar-refractivity contribution in [3.8, 4) is 0 Å². The van der Waals surface area contributed by atoms with E-state index in [0.717, 1.165) is 42.3 Å². The van der Waals surface area contributed by atoms with E-state index in [1.54, 1.807) is 12.1 Å². The van der Waals surface area contributed by atoms with Crippen molar-refractivity contribution < 1.29 is 9.59 Å². The Morgan fingerprint density at radius 3 is 2.69 bits per heavy atom. The summed E-state index contributed by atoms with van der Waals surface area (Å²) >= 11 is 1.51. The summed E-state index contributed by atoms with van der Waals surface area (Å²) in [5.74, 6) is -0.517. The van der Waals surface area contributed by atoms with E-state index in [-0.39, 0.29) is 6.03 Å². The Kier molecular flexibility index (Phi) is 5.72. The van der Waals surface area contributed by atoms with Crippen molar-refractivity contribution in [1.29, 1.82) is 0 Å². The number of primary amides is 1. The largest absolute Gasteiger partial charge is 0.370 e. The molecule has 4 N–H and O–H groups in total. The maximum absolute atomic E-state index is 12.3. The number of nitrogens with two attached hydrogens (primary N) is 1. The Balaban J connectivity index is 1.73. The van der Waals surface area contributed by atoms with E-state index in [4.69, 9.17) is 5.73 Å². The highest BCUT2D eigenvalue weighted by Gasteiger charge is 2.17. The maximum Gasteiger partial charge on any atom is 0.319 e. The molecule has 26 heavy (non-hydrogen) atoms. The molecular weight excluding hydrogens is 350 g/mol. The number of carbonyl (C=O) groups is 2. The Morgan fingerprint density at radius 1 is 1.27 bits per heavy atom. The highest BCUT2D eigenvalue weighted by molar-refractivity contribution is 7.09. The van der Waals surface area contributed by atoms with Crippen molar-refractivity contribution in [3.63, 3.8) is 0 Å². The topological polar surface area (TPSA) is 100 Å². The fourth-order valence-electron chi connectivity index (χ4n) is 3.01. The molecule has 7 nitrogen and oxygen atoms in total. The van der Waals surface area contributed by atoms with Crippen LogP contribution in [0.4, 0.5) is 16.2 Å². The number of urea groups is 1. The zero-order valence-electron chi connectivity index (χ0n) is 14.7. The monoisotopic (exact) mass is 373 g/mol. The second kappa shape index (κ2) is 8.18. The first-order valence-corrected chi connectivity index (χ1v) is 9.55. The number of hydrogen-bond donors (Lipinski definition) is 3. The minimum Gasteiger partial charge on any atom is -0.370 e. The Morgan fingerprint density at radius 2 is 2.04 bits per heavy atom. The predicted molar refractivity (Wildman–Crippen MR) is 104 cm³/mol. The molecule has 0 unspecified atom stereocenters. The van der Waals surface area contributed by atoms with Gasteiger partial charge in [-0.2, -0.15) is 0 Å². The van der Waals surface area contributed by atoms with E-state index in [0.29, 0.717) is 17.8 Å². The molecule has 0 radical (unpaired) electrons. The summed E-state index contributed by atoms with van der Waals surface area (Å²) < 4.78 is 0. The first-order chi connectivity index (χ1) is 12.5. The molecule has 3 amide bonds. The molecule has 0 spiro atoms. The fraction of sp³-hybridized carbons (Fsp3) is 0.389. The minimum atomic E-state index is -0.517. The van der Waals surface area contributed by atoms with Crippen LogP contribution in [0.25, 0.3) is 0 Å². The van der Waals surface area contributed by atoms with Crippen LogP contribution in [0.2, 0.25) is 0 Å². The summed E-state index contributed by atoms with van der Waals surface area (Å²) in [6.07, 6.45) is 3.45. The van der Waals surface area contributed by atoms with Gasteiger partial charge in [0.15, 0.2) is 0 Å². The molecule has 8 heteroatoms. The van der Waals surface area contributed by atoms with Crippen LogP contribution in [0, 0.1) is 6.92 Å². The van der Waals surface area contributed by atoms with Crippen LogP contribution in [0.3, 0.4) is 0 Å². The standard InChI is InChI=1S/C18H23N5O2S/c1-12-11-26-16(21-12)10-20-18(25)22-14-9-13(17(19)24)5-6-15(14)23-7-3-2-4-8-23/h5-6,9,11H,2-4,7-8,10H2,1H3,(H2,19,24)(H2,20,22,25). The molecule has 0 aliphatic carbocycles. The van der Waals surface area contributed by atoms with Gasteiger partial charge in [-0.3, -0.25) is 4.79 Å². The number of nitrogens with zero attached hydrogens (tertiary/aromatic N) is 2. The second-order valence-corrected chi connectivity index (χ2v) is 7.28. The van der Waals surface area contributed by atoms with Crippen LogP contribution >= 0.6 is 11.3 Å². The number of piperidine rings is 1. The third-order valence-electron chi connectivity index (χ3n) is 4.29. The molecule has 1 fully saturated rings. The number of rotatable bonds is 5. The summed E-state index contributed by atoms with van der Waals surface area (Å²) in [6.45, 7) is 4.15. The number of aromatic nitrogens is 1. The predicted octanol–water partition coefficient (Wildman–Crippen LogP) is 2.86. The highest BCUT2D eigenvalue weighted by Crippen LogP contribution is 2.29. The fourth-order valence-corrected chi connectivity index (χ4v) is 3.72. The molecule has 2 aromatic rings. The third-order valence-corrected chi connectivity index (χ3v) is 5.26. The lowest BCUT2D eigenvalue weighted by Gasteiger charge is -2.30. The Hall–Kier alpha value is -2.61. The van der Waals surface area contributed by atoms with Crippen molar-refractivity contribution in [1.82, 2.24) is 10.3 Å². The average molecular weight is 373 g/mol. The quantitative estimate of drug-likeness (QED) is 0.750. The normalized spacial score (nSPS) is 14.1. The molecule has 0 saturated carbocycles. The van der Waals surface area contributed by atoms with Gasteiger partial charge in [-0.15, -0.1) is 11.3 Å². The van der Waals surface area contributed by atoms with E-state index in [2.05, 4.69) is 20.5 Å². The van der Waals surface area contributed by atoms with Crippen LogP contribution in [-0.4, -0.2) is 30.0 Å². The minimum absolute atomic E-state index is 0.335. The van der Waals surface area contributed by atoms with Gasteiger partial charge in [0.25, 0.3) is 0 Å². The van der Waals surface area contributed by atoms with Gasteiger partial charge < -0.3 is 21.3 Å². The zero-order chi connectivity index (χ0) is 18.5. The van der Waals surface area contributed by atoms with E-state index >= 15 is 0 Å². The van der Waals surface area contributed by atoms with Crippen molar-refractivity contribution in [2.75, 3.05) is 23.3 Å². The number of aryl methyl sites for hydroxylation is 1.